The van der Waals surface area contributed by atoms with Crippen molar-refractivity contribution in [3.05, 3.63) is 113 Å². The van der Waals surface area contributed by atoms with E-state index in [-0.39, 0.29) is 17.7 Å². The molecule has 0 aliphatic carbocycles. The van der Waals surface area contributed by atoms with E-state index in [4.69, 9.17) is 11.6 Å². The Morgan fingerprint density at radius 1 is 0.789 bits per heavy atom. The summed E-state index contributed by atoms with van der Waals surface area (Å²) in [4.78, 5) is 45.5. The molecule has 1 heterocycles. The molecule has 4 N–H and O–H groups in total. The van der Waals surface area contributed by atoms with Gasteiger partial charge >= 0.3 is 0 Å². The molecule has 0 aliphatic heterocycles. The average molecular weight is 527 g/mol. The fourth-order valence-corrected chi connectivity index (χ4v) is 3.62. The van der Waals surface area contributed by atoms with Gasteiger partial charge in [-0.15, -0.1) is 0 Å². The molecule has 4 rings (SSSR count). The first kappa shape index (κ1) is 26.1. The van der Waals surface area contributed by atoms with Gasteiger partial charge in [0.05, 0.1) is 18.1 Å². The van der Waals surface area contributed by atoms with Crippen molar-refractivity contribution >= 4 is 58.0 Å². The summed E-state index contributed by atoms with van der Waals surface area (Å²) >= 11 is 5.97. The molecule has 0 spiro atoms. The van der Waals surface area contributed by atoms with E-state index in [0.29, 0.717) is 44.8 Å². The van der Waals surface area contributed by atoms with Crippen LogP contribution in [0.5, 0.6) is 0 Å². The zero-order valence-corrected chi connectivity index (χ0v) is 21.0. The lowest BCUT2D eigenvalue weighted by molar-refractivity contribution is -0.111. The monoisotopic (exact) mass is 526 g/mol. The molecule has 0 bridgehead atoms. The van der Waals surface area contributed by atoms with Crippen LogP contribution in [0.15, 0.2) is 91.8 Å². The summed E-state index contributed by atoms with van der Waals surface area (Å²) in [6.07, 6.45) is 4.12. The maximum Gasteiger partial charge on any atom is 0.256 e. The van der Waals surface area contributed by atoms with Crippen molar-refractivity contribution in [1.82, 2.24) is 9.97 Å². The molecule has 190 valence electrons. The van der Waals surface area contributed by atoms with Gasteiger partial charge in [0.1, 0.15) is 0 Å². The maximum absolute atomic E-state index is 13.0. The molecule has 1 aromatic heterocycles. The van der Waals surface area contributed by atoms with Gasteiger partial charge in [-0.25, -0.2) is 9.97 Å². The van der Waals surface area contributed by atoms with Crippen molar-refractivity contribution in [3.8, 4) is 0 Å². The van der Waals surface area contributed by atoms with Crippen LogP contribution in [0.25, 0.3) is 0 Å². The van der Waals surface area contributed by atoms with Gasteiger partial charge < -0.3 is 21.3 Å². The van der Waals surface area contributed by atoms with E-state index in [2.05, 4.69) is 37.8 Å². The summed E-state index contributed by atoms with van der Waals surface area (Å²) < 4.78 is 0. The summed E-state index contributed by atoms with van der Waals surface area (Å²) in [6, 6.07) is 18.7. The molecule has 38 heavy (non-hydrogen) atoms. The largest absolute Gasteiger partial charge is 0.324 e. The SMILES string of the molecule is C=CC(=O)Nc1cccc(Nc2ncc(NC(=O)c3cc(NC(=O)c4cccc(Cl)c4)ccc3C)cn2)c1. The van der Waals surface area contributed by atoms with Gasteiger partial charge in [-0.05, 0) is 67.1 Å². The number of anilines is 5. The van der Waals surface area contributed by atoms with Gasteiger partial charge in [0.2, 0.25) is 11.9 Å². The second-order valence-corrected chi connectivity index (χ2v) is 8.58. The van der Waals surface area contributed by atoms with Gasteiger partial charge in [0, 0.05) is 33.2 Å². The molecule has 3 amide bonds. The molecule has 0 unspecified atom stereocenters. The molecule has 0 radical (unpaired) electrons. The van der Waals surface area contributed by atoms with Crippen LogP contribution in [-0.4, -0.2) is 27.7 Å². The zero-order valence-electron chi connectivity index (χ0n) is 20.3. The first-order valence-electron chi connectivity index (χ1n) is 11.4. The van der Waals surface area contributed by atoms with Gasteiger partial charge in [-0.1, -0.05) is 36.4 Å². The van der Waals surface area contributed by atoms with E-state index >= 15 is 0 Å². The fourth-order valence-electron chi connectivity index (χ4n) is 3.43. The second kappa shape index (κ2) is 11.8. The minimum atomic E-state index is -0.378. The van der Waals surface area contributed by atoms with Crippen LogP contribution < -0.4 is 21.3 Å². The smallest absolute Gasteiger partial charge is 0.256 e. The Balaban J connectivity index is 1.41. The Morgan fingerprint density at radius 2 is 1.47 bits per heavy atom. The van der Waals surface area contributed by atoms with Crippen LogP contribution in [0.3, 0.4) is 0 Å². The van der Waals surface area contributed by atoms with E-state index in [1.165, 1.54) is 18.5 Å². The molecule has 0 atom stereocenters. The highest BCUT2D eigenvalue weighted by molar-refractivity contribution is 6.31. The maximum atomic E-state index is 13.0. The minimum absolute atomic E-state index is 0.303. The summed E-state index contributed by atoms with van der Waals surface area (Å²) in [5.41, 5.74) is 3.62. The normalized spacial score (nSPS) is 10.3. The number of aryl methyl sites for hydroxylation is 1. The van der Waals surface area contributed by atoms with Gasteiger partial charge in [-0.3, -0.25) is 14.4 Å². The van der Waals surface area contributed by atoms with Crippen LogP contribution in [0.2, 0.25) is 5.02 Å². The number of amides is 3. The standard InChI is InChI=1S/C28H23ClN6O3/c1-3-25(36)32-20-8-5-9-21(13-20)35-28-30-15-23(16-31-28)34-27(38)24-14-22(11-10-17(24)2)33-26(37)18-6-4-7-19(29)12-18/h3-16H,1H2,2H3,(H,32,36)(H,33,37)(H,34,38)(H,30,31,35). The predicted molar refractivity (Wildman–Crippen MR) is 149 cm³/mol. The molecule has 0 aliphatic rings. The highest BCUT2D eigenvalue weighted by Crippen LogP contribution is 2.21. The fraction of sp³-hybridized carbons (Fsp3) is 0.0357. The van der Waals surface area contributed by atoms with Crippen molar-refractivity contribution in [2.24, 2.45) is 0 Å². The van der Waals surface area contributed by atoms with Gasteiger partial charge in [-0.2, -0.15) is 0 Å². The van der Waals surface area contributed by atoms with E-state index in [0.717, 1.165) is 5.56 Å². The van der Waals surface area contributed by atoms with Crippen LogP contribution >= 0.6 is 11.6 Å². The number of nitrogens with one attached hydrogen (secondary N) is 4. The van der Waals surface area contributed by atoms with E-state index < -0.39 is 0 Å². The van der Waals surface area contributed by atoms with Crippen molar-refractivity contribution in [1.29, 1.82) is 0 Å². The van der Waals surface area contributed by atoms with Crippen LogP contribution in [0, 0.1) is 6.92 Å². The number of rotatable bonds is 8. The lowest BCUT2D eigenvalue weighted by Gasteiger charge is -2.11. The first-order chi connectivity index (χ1) is 18.3. The molecule has 3 aromatic carbocycles. The molecule has 0 fully saturated rings. The molecular weight excluding hydrogens is 504 g/mol. The lowest BCUT2D eigenvalue weighted by atomic mass is 10.1. The third kappa shape index (κ3) is 6.80. The Labute approximate surface area is 224 Å². The molecular formula is C28H23ClN6O3. The van der Waals surface area contributed by atoms with E-state index in [1.54, 1.807) is 73.7 Å². The molecule has 0 saturated heterocycles. The summed E-state index contributed by atoms with van der Waals surface area (Å²) in [7, 11) is 0. The van der Waals surface area contributed by atoms with Crippen molar-refractivity contribution in [2.45, 2.75) is 6.92 Å². The van der Waals surface area contributed by atoms with Crippen molar-refractivity contribution in [3.63, 3.8) is 0 Å². The Hall–Kier alpha value is -5.02. The number of carbonyl (C=O) groups excluding carboxylic acids is 3. The summed E-state index contributed by atoms with van der Waals surface area (Å²) in [6.45, 7) is 5.23. The molecule has 0 saturated carbocycles. The van der Waals surface area contributed by atoms with Gasteiger partial charge in [0.15, 0.2) is 0 Å². The highest BCUT2D eigenvalue weighted by atomic mass is 35.5. The summed E-state index contributed by atoms with van der Waals surface area (Å²) in [5, 5.41) is 11.7. The number of hydrogen-bond donors (Lipinski definition) is 4. The first-order valence-corrected chi connectivity index (χ1v) is 11.8. The number of halogens is 1. The number of benzene rings is 3. The number of hydrogen-bond acceptors (Lipinski definition) is 6. The Kier molecular flexibility index (Phi) is 8.10. The molecule has 4 aromatic rings. The average Bonchev–Trinajstić information content (AvgIpc) is 2.91. The van der Waals surface area contributed by atoms with Crippen LogP contribution in [0.4, 0.5) is 28.7 Å². The third-order valence-corrected chi connectivity index (χ3v) is 5.54. The number of carbonyl (C=O) groups is 3. The van der Waals surface area contributed by atoms with Crippen LogP contribution in [0.1, 0.15) is 26.3 Å². The molecule has 9 nitrogen and oxygen atoms in total. The van der Waals surface area contributed by atoms with Crippen molar-refractivity contribution < 1.29 is 14.4 Å². The quantitative estimate of drug-likeness (QED) is 0.215. The van der Waals surface area contributed by atoms with Crippen molar-refractivity contribution in [2.75, 3.05) is 21.3 Å². The number of aromatic nitrogens is 2. The second-order valence-electron chi connectivity index (χ2n) is 8.14. The predicted octanol–water partition coefficient (Wildman–Crippen LogP) is 5.81. The lowest BCUT2D eigenvalue weighted by Crippen LogP contribution is -2.16. The Bertz CT molecular complexity index is 1520. The van der Waals surface area contributed by atoms with E-state index in [9.17, 15) is 14.4 Å². The van der Waals surface area contributed by atoms with Gasteiger partial charge in [0.25, 0.3) is 11.8 Å². The van der Waals surface area contributed by atoms with Crippen LogP contribution in [-0.2, 0) is 4.79 Å². The zero-order chi connectivity index (χ0) is 27.1. The van der Waals surface area contributed by atoms with E-state index in [1.807, 2.05) is 0 Å². The summed E-state index contributed by atoms with van der Waals surface area (Å²) in [5.74, 6) is -0.732. The third-order valence-electron chi connectivity index (χ3n) is 5.31. The Morgan fingerprint density at radius 3 is 2.21 bits per heavy atom. The molecule has 10 heteroatoms. The topological polar surface area (TPSA) is 125 Å². The highest BCUT2D eigenvalue weighted by Gasteiger charge is 2.13. The number of nitrogens with zero attached hydrogens (tertiary/aromatic N) is 2. The minimum Gasteiger partial charge on any atom is -0.324 e.